The molecule has 1 fully saturated rings. The zero-order chi connectivity index (χ0) is 30.1. The van der Waals surface area contributed by atoms with Gasteiger partial charge in [0, 0.05) is 0 Å². The average Bonchev–Trinajstić information content (AvgIpc) is 3.47. The molecule has 0 atom stereocenters. The molecule has 2 aliphatic rings. The molecule has 1 aliphatic carbocycles. The van der Waals surface area contributed by atoms with Crippen molar-refractivity contribution in [1.82, 2.24) is 0 Å². The highest BCUT2D eigenvalue weighted by molar-refractivity contribution is 6.67. The van der Waals surface area contributed by atoms with Crippen molar-refractivity contribution in [2.45, 2.75) is 44.3 Å². The number of benzene rings is 6. The Labute approximate surface area is 260 Å². The summed E-state index contributed by atoms with van der Waals surface area (Å²) < 4.78 is 13.4. The Kier molecular flexibility index (Phi) is 6.04. The lowest BCUT2D eigenvalue weighted by Crippen LogP contribution is -2.41. The van der Waals surface area contributed by atoms with Gasteiger partial charge in [0.1, 0.15) is 0 Å². The van der Waals surface area contributed by atoms with Gasteiger partial charge in [-0.1, -0.05) is 133 Å². The third-order valence-corrected chi connectivity index (χ3v) is 10.2. The summed E-state index contributed by atoms with van der Waals surface area (Å²) in [6.07, 6.45) is 0. The molecule has 0 unspecified atom stereocenters. The van der Waals surface area contributed by atoms with Crippen molar-refractivity contribution < 1.29 is 9.31 Å². The number of hydrogen-bond donors (Lipinski definition) is 0. The monoisotopic (exact) mass is 570 g/mol. The quantitative estimate of drug-likeness (QED) is 0.197. The molecular weight excluding hydrogens is 535 g/mol. The Hall–Kier alpha value is -4.44. The molecule has 0 spiro atoms. The van der Waals surface area contributed by atoms with Gasteiger partial charge in [0.25, 0.3) is 0 Å². The van der Waals surface area contributed by atoms with E-state index in [-0.39, 0.29) is 0 Å². The first-order valence-corrected chi connectivity index (χ1v) is 15.5. The molecule has 1 aliphatic heterocycles. The number of fused-ring (bicyclic) bond motifs is 4. The highest BCUT2D eigenvalue weighted by Crippen LogP contribution is 2.56. The maximum Gasteiger partial charge on any atom is 0.496 e. The maximum atomic E-state index is 6.72. The number of rotatable bonds is 4. The summed E-state index contributed by atoms with van der Waals surface area (Å²) in [7, 11) is -0.487. The third-order valence-electron chi connectivity index (χ3n) is 10.2. The van der Waals surface area contributed by atoms with E-state index >= 15 is 0 Å². The first kappa shape index (κ1) is 27.1. The van der Waals surface area contributed by atoms with Crippen LogP contribution >= 0.6 is 0 Å². The lowest BCUT2D eigenvalue weighted by molar-refractivity contribution is 0.00578. The van der Waals surface area contributed by atoms with Crippen LogP contribution < -0.4 is 5.46 Å². The second kappa shape index (κ2) is 9.79. The van der Waals surface area contributed by atoms with Crippen LogP contribution in [0.25, 0.3) is 33.0 Å². The molecule has 6 aromatic rings. The normalized spacial score (nSPS) is 17.4. The summed E-state index contributed by atoms with van der Waals surface area (Å²) in [5.74, 6) is 0. The van der Waals surface area contributed by atoms with Crippen LogP contribution in [0.3, 0.4) is 0 Å². The lowest BCUT2D eigenvalue weighted by atomic mass is 9.67. The van der Waals surface area contributed by atoms with Crippen molar-refractivity contribution in [2.75, 3.05) is 0 Å². The summed E-state index contributed by atoms with van der Waals surface area (Å²) >= 11 is 0. The van der Waals surface area contributed by atoms with Crippen LogP contribution in [-0.4, -0.2) is 18.3 Å². The summed E-state index contributed by atoms with van der Waals surface area (Å²) in [4.78, 5) is 0. The standard InChI is InChI=1S/C41H35BO2/c1-39(2)40(3,4)44-42(43-39)38-32-20-12-11-15-28(32)23-25-33(38)29-24-26-35-34-21-13-14-22-36(34)41(37(35)27-29,30-16-7-5-8-17-30)31-18-9-6-10-19-31/h5-27H,1-4H3. The van der Waals surface area contributed by atoms with Gasteiger partial charge in [0.2, 0.25) is 0 Å². The molecule has 0 radical (unpaired) electrons. The summed E-state index contributed by atoms with van der Waals surface area (Å²) in [5, 5.41) is 2.34. The van der Waals surface area contributed by atoms with E-state index in [2.05, 4.69) is 167 Å². The molecule has 0 aromatic heterocycles. The van der Waals surface area contributed by atoms with E-state index in [0.29, 0.717) is 0 Å². The van der Waals surface area contributed by atoms with Crippen molar-refractivity contribution >= 4 is 23.4 Å². The zero-order valence-corrected chi connectivity index (χ0v) is 25.7. The molecule has 0 bridgehead atoms. The van der Waals surface area contributed by atoms with E-state index in [1.165, 1.54) is 38.8 Å². The molecule has 0 saturated carbocycles. The predicted molar refractivity (Wildman–Crippen MR) is 182 cm³/mol. The third kappa shape index (κ3) is 3.83. The zero-order valence-electron chi connectivity index (χ0n) is 25.7. The van der Waals surface area contributed by atoms with Crippen molar-refractivity contribution in [2.24, 2.45) is 0 Å². The average molecular weight is 571 g/mol. The maximum absolute atomic E-state index is 6.72. The molecule has 2 nitrogen and oxygen atoms in total. The van der Waals surface area contributed by atoms with Gasteiger partial charge in [-0.3, -0.25) is 0 Å². The van der Waals surface area contributed by atoms with E-state index in [4.69, 9.17) is 9.31 Å². The summed E-state index contributed by atoms with van der Waals surface area (Å²) in [5.41, 5.74) is 9.73. The van der Waals surface area contributed by atoms with Crippen LogP contribution in [0.5, 0.6) is 0 Å². The van der Waals surface area contributed by atoms with Crippen LogP contribution in [0.2, 0.25) is 0 Å². The van der Waals surface area contributed by atoms with E-state index in [9.17, 15) is 0 Å². The van der Waals surface area contributed by atoms with Crippen LogP contribution in [0.15, 0.2) is 140 Å². The predicted octanol–water partition coefficient (Wildman–Crippen LogP) is 9.17. The molecule has 6 aromatic carbocycles. The lowest BCUT2D eigenvalue weighted by Gasteiger charge is -2.34. The molecule has 0 N–H and O–H groups in total. The van der Waals surface area contributed by atoms with Gasteiger partial charge in [-0.05, 0) is 94.5 Å². The van der Waals surface area contributed by atoms with Crippen molar-refractivity contribution in [3.63, 3.8) is 0 Å². The van der Waals surface area contributed by atoms with Crippen molar-refractivity contribution in [1.29, 1.82) is 0 Å². The van der Waals surface area contributed by atoms with Crippen LogP contribution in [0, 0.1) is 0 Å². The molecule has 8 rings (SSSR count). The Morgan fingerprint density at radius 1 is 0.477 bits per heavy atom. The first-order valence-electron chi connectivity index (χ1n) is 15.5. The molecule has 214 valence electrons. The molecular formula is C41H35BO2. The smallest absolute Gasteiger partial charge is 0.399 e. The van der Waals surface area contributed by atoms with Crippen LogP contribution in [0.4, 0.5) is 0 Å². The first-order chi connectivity index (χ1) is 21.3. The van der Waals surface area contributed by atoms with E-state index in [1.807, 2.05) is 0 Å². The Balaban J connectivity index is 1.42. The van der Waals surface area contributed by atoms with Gasteiger partial charge in [-0.2, -0.15) is 0 Å². The summed E-state index contributed by atoms with van der Waals surface area (Å²) in [6.45, 7) is 8.49. The van der Waals surface area contributed by atoms with Gasteiger partial charge in [0.05, 0.1) is 16.6 Å². The molecule has 1 heterocycles. The van der Waals surface area contributed by atoms with Gasteiger partial charge < -0.3 is 9.31 Å². The fourth-order valence-corrected chi connectivity index (χ4v) is 7.37. The molecule has 3 heteroatoms. The minimum Gasteiger partial charge on any atom is -0.399 e. The molecule has 44 heavy (non-hydrogen) atoms. The minimum absolute atomic E-state index is 0.443. The minimum atomic E-state index is -0.487. The Bertz CT molecular complexity index is 1970. The van der Waals surface area contributed by atoms with Gasteiger partial charge in [-0.25, -0.2) is 0 Å². The topological polar surface area (TPSA) is 18.5 Å². The second-order valence-electron chi connectivity index (χ2n) is 13.1. The van der Waals surface area contributed by atoms with E-state index in [0.717, 1.165) is 22.0 Å². The highest BCUT2D eigenvalue weighted by atomic mass is 16.7. The second-order valence-corrected chi connectivity index (χ2v) is 13.1. The SMILES string of the molecule is CC1(C)OB(c2c(-c3ccc4c(c3)C(c3ccccc3)(c3ccccc3)c3ccccc3-4)ccc3ccccc23)OC1(C)C. The van der Waals surface area contributed by atoms with Gasteiger partial charge in [0.15, 0.2) is 0 Å². The molecule has 0 amide bonds. The Morgan fingerprint density at radius 3 is 1.70 bits per heavy atom. The van der Waals surface area contributed by atoms with Crippen molar-refractivity contribution in [3.8, 4) is 22.3 Å². The van der Waals surface area contributed by atoms with Crippen LogP contribution in [0.1, 0.15) is 49.9 Å². The van der Waals surface area contributed by atoms with Gasteiger partial charge in [-0.15, -0.1) is 0 Å². The van der Waals surface area contributed by atoms with Crippen LogP contribution in [-0.2, 0) is 14.7 Å². The van der Waals surface area contributed by atoms with Gasteiger partial charge >= 0.3 is 7.12 Å². The van der Waals surface area contributed by atoms with E-state index < -0.39 is 23.7 Å². The van der Waals surface area contributed by atoms with E-state index in [1.54, 1.807) is 0 Å². The summed E-state index contributed by atoms with van der Waals surface area (Å²) in [6, 6.07) is 50.9. The highest BCUT2D eigenvalue weighted by Gasteiger charge is 2.53. The fraction of sp³-hybridized carbons (Fsp3) is 0.171. The van der Waals surface area contributed by atoms with Crippen molar-refractivity contribution in [3.05, 3.63) is 162 Å². The largest absolute Gasteiger partial charge is 0.496 e. The Morgan fingerprint density at radius 2 is 1.02 bits per heavy atom. The fourth-order valence-electron chi connectivity index (χ4n) is 7.37. The number of hydrogen-bond acceptors (Lipinski definition) is 2. The molecule has 1 saturated heterocycles.